The van der Waals surface area contributed by atoms with Crippen molar-refractivity contribution in [2.24, 2.45) is 20.0 Å². The van der Waals surface area contributed by atoms with Crippen molar-refractivity contribution in [3.05, 3.63) is 67.4 Å². The van der Waals surface area contributed by atoms with Gasteiger partial charge in [-0.15, -0.1) is 0 Å². The van der Waals surface area contributed by atoms with Crippen molar-refractivity contribution >= 4 is 11.6 Å². The van der Waals surface area contributed by atoms with Gasteiger partial charge in [-0.1, -0.05) is 37.6 Å². The summed E-state index contributed by atoms with van der Waals surface area (Å²) in [5, 5.41) is 4.13. The van der Waals surface area contributed by atoms with E-state index in [0.29, 0.717) is 23.2 Å². The molecule has 0 bridgehead atoms. The summed E-state index contributed by atoms with van der Waals surface area (Å²) < 4.78 is 2.59. The van der Waals surface area contributed by atoms with E-state index in [1.54, 1.807) is 7.05 Å². The van der Waals surface area contributed by atoms with Gasteiger partial charge in [0.1, 0.15) is 0 Å². The minimum atomic E-state index is -0.318. The molecule has 2 rings (SSSR count). The fourth-order valence-electron chi connectivity index (χ4n) is 2.57. The lowest BCUT2D eigenvalue weighted by molar-refractivity contribution is 0.403. The Balaban J connectivity index is 2.25. The van der Waals surface area contributed by atoms with Crippen LogP contribution in [0.15, 0.2) is 39.9 Å². The Kier molecular flexibility index (Phi) is 5.44. The monoisotopic (exact) mass is 335 g/mol. The van der Waals surface area contributed by atoms with Gasteiger partial charge < -0.3 is 5.32 Å². The fourth-order valence-corrected chi connectivity index (χ4v) is 2.70. The Labute approximate surface area is 140 Å². The molecule has 0 radical (unpaired) electrons. The van der Waals surface area contributed by atoms with E-state index in [4.69, 9.17) is 11.6 Å². The molecule has 0 aliphatic carbocycles. The molecule has 0 unspecified atom stereocenters. The second-order valence-electron chi connectivity index (χ2n) is 6.03. The fraction of sp³-hybridized carbons (Fsp3) is 0.412. The zero-order chi connectivity index (χ0) is 17.1. The molecule has 1 aromatic carbocycles. The van der Waals surface area contributed by atoms with Crippen molar-refractivity contribution < 1.29 is 0 Å². The number of aromatic nitrogens is 2. The molecular formula is C17H22ClN3O2. The number of nitrogens with one attached hydrogen (secondary N) is 1. The molecule has 0 aliphatic heterocycles. The zero-order valence-corrected chi connectivity index (χ0v) is 14.6. The highest BCUT2D eigenvalue weighted by Gasteiger charge is 2.16. The summed E-state index contributed by atoms with van der Waals surface area (Å²) in [7, 11) is 3.15. The molecule has 5 nitrogen and oxygen atoms in total. The van der Waals surface area contributed by atoms with Crippen LogP contribution < -0.4 is 16.6 Å². The van der Waals surface area contributed by atoms with Gasteiger partial charge >= 0.3 is 5.69 Å². The van der Waals surface area contributed by atoms with Crippen molar-refractivity contribution in [1.29, 1.82) is 0 Å². The Morgan fingerprint density at radius 3 is 2.26 bits per heavy atom. The van der Waals surface area contributed by atoms with E-state index >= 15 is 0 Å². The molecule has 124 valence electrons. The molecule has 1 N–H and O–H groups in total. The summed E-state index contributed by atoms with van der Waals surface area (Å²) in [6.45, 7) is 4.68. The molecule has 1 atom stereocenters. The predicted molar refractivity (Wildman–Crippen MR) is 92.8 cm³/mol. The van der Waals surface area contributed by atoms with E-state index in [-0.39, 0.29) is 17.3 Å². The van der Waals surface area contributed by atoms with E-state index in [0.717, 1.165) is 10.1 Å². The summed E-state index contributed by atoms with van der Waals surface area (Å²) in [5.74, 6) is 0.347. The van der Waals surface area contributed by atoms with Crippen molar-refractivity contribution in [3.8, 4) is 0 Å². The van der Waals surface area contributed by atoms with Crippen LogP contribution in [0.5, 0.6) is 0 Å². The highest BCUT2D eigenvalue weighted by Crippen LogP contribution is 2.23. The standard InChI is InChI=1S/C17H22ClN3O2/c1-11(2)16(12-5-7-13(18)8-6-12)19-10-14-9-15(22)21(4)17(23)20(14)3/h5-9,11,16,19H,10H2,1-4H3/t16-/m0/s1. The highest BCUT2D eigenvalue weighted by atomic mass is 35.5. The maximum Gasteiger partial charge on any atom is 0.330 e. The number of hydrogen-bond donors (Lipinski definition) is 1. The molecule has 23 heavy (non-hydrogen) atoms. The Morgan fingerprint density at radius 2 is 1.70 bits per heavy atom. The van der Waals surface area contributed by atoms with Gasteiger partial charge in [0.25, 0.3) is 5.56 Å². The quantitative estimate of drug-likeness (QED) is 0.911. The third kappa shape index (κ3) is 3.92. The summed E-state index contributed by atoms with van der Waals surface area (Å²) in [6, 6.07) is 9.30. The molecule has 0 fully saturated rings. The van der Waals surface area contributed by atoms with Gasteiger partial charge in [-0.25, -0.2) is 4.79 Å². The lowest BCUT2D eigenvalue weighted by Gasteiger charge is -2.23. The number of hydrogen-bond acceptors (Lipinski definition) is 3. The zero-order valence-electron chi connectivity index (χ0n) is 13.8. The number of benzene rings is 1. The van der Waals surface area contributed by atoms with Gasteiger partial charge in [0.15, 0.2) is 0 Å². The summed E-state index contributed by atoms with van der Waals surface area (Å²) >= 11 is 5.94. The van der Waals surface area contributed by atoms with Crippen LogP contribution in [0.2, 0.25) is 5.02 Å². The van der Waals surface area contributed by atoms with Crippen molar-refractivity contribution in [2.45, 2.75) is 26.4 Å². The molecule has 0 saturated carbocycles. The first-order chi connectivity index (χ1) is 10.8. The van der Waals surface area contributed by atoms with Gasteiger partial charge in [0, 0.05) is 43.5 Å². The van der Waals surface area contributed by atoms with Crippen LogP contribution in [-0.2, 0) is 20.6 Å². The van der Waals surface area contributed by atoms with Gasteiger partial charge in [-0.05, 0) is 23.6 Å². The minimum Gasteiger partial charge on any atom is -0.304 e. The molecule has 0 amide bonds. The third-order valence-electron chi connectivity index (χ3n) is 4.02. The maximum absolute atomic E-state index is 12.0. The average molecular weight is 336 g/mol. The summed E-state index contributed by atoms with van der Waals surface area (Å²) in [6.07, 6.45) is 0. The largest absolute Gasteiger partial charge is 0.330 e. The van der Waals surface area contributed by atoms with E-state index < -0.39 is 0 Å². The first-order valence-corrected chi connectivity index (χ1v) is 7.94. The van der Waals surface area contributed by atoms with Gasteiger partial charge in [-0.3, -0.25) is 13.9 Å². The number of nitrogens with zero attached hydrogens (tertiary/aromatic N) is 2. The lowest BCUT2D eigenvalue weighted by atomic mass is 9.96. The van der Waals surface area contributed by atoms with E-state index in [2.05, 4.69) is 19.2 Å². The molecule has 1 heterocycles. The second-order valence-corrected chi connectivity index (χ2v) is 6.47. The molecule has 2 aromatic rings. The summed E-state index contributed by atoms with van der Waals surface area (Å²) in [5.41, 5.74) is 1.18. The van der Waals surface area contributed by atoms with Crippen molar-refractivity contribution in [3.63, 3.8) is 0 Å². The van der Waals surface area contributed by atoms with E-state index in [1.165, 1.54) is 17.7 Å². The van der Waals surface area contributed by atoms with E-state index in [9.17, 15) is 9.59 Å². The number of rotatable bonds is 5. The second kappa shape index (κ2) is 7.15. The van der Waals surface area contributed by atoms with Crippen molar-refractivity contribution in [2.75, 3.05) is 0 Å². The SMILES string of the molecule is CC(C)[C@H](NCc1cc(=O)n(C)c(=O)n1C)c1ccc(Cl)cc1. The maximum atomic E-state index is 12.0. The molecule has 0 spiro atoms. The normalized spacial score (nSPS) is 12.6. The molecule has 0 aliphatic rings. The van der Waals surface area contributed by atoms with Crippen LogP contribution >= 0.6 is 11.6 Å². The Hall–Kier alpha value is -1.85. The smallest absolute Gasteiger partial charge is 0.304 e. The first-order valence-electron chi connectivity index (χ1n) is 7.56. The molecule has 1 aromatic heterocycles. The predicted octanol–water partition coefficient (Wildman–Crippen LogP) is 2.22. The Bertz CT molecular complexity index is 791. The average Bonchev–Trinajstić information content (AvgIpc) is 2.51. The van der Waals surface area contributed by atoms with Crippen LogP contribution in [0.3, 0.4) is 0 Å². The van der Waals surface area contributed by atoms with Crippen LogP contribution in [0.25, 0.3) is 0 Å². The number of halogens is 1. The van der Waals surface area contributed by atoms with Gasteiger partial charge in [0.2, 0.25) is 0 Å². The van der Waals surface area contributed by atoms with Crippen LogP contribution in [0, 0.1) is 5.92 Å². The first kappa shape index (κ1) is 17.5. The highest BCUT2D eigenvalue weighted by molar-refractivity contribution is 6.30. The van der Waals surface area contributed by atoms with Gasteiger partial charge in [0.05, 0.1) is 0 Å². The minimum absolute atomic E-state index is 0.103. The summed E-state index contributed by atoms with van der Waals surface area (Å²) in [4.78, 5) is 23.8. The third-order valence-corrected chi connectivity index (χ3v) is 4.28. The van der Waals surface area contributed by atoms with E-state index in [1.807, 2.05) is 24.3 Å². The van der Waals surface area contributed by atoms with Crippen molar-refractivity contribution in [1.82, 2.24) is 14.5 Å². The Morgan fingerprint density at radius 1 is 1.09 bits per heavy atom. The molecule has 0 saturated heterocycles. The molecular weight excluding hydrogens is 314 g/mol. The topological polar surface area (TPSA) is 56.0 Å². The van der Waals surface area contributed by atoms with Crippen LogP contribution in [-0.4, -0.2) is 9.13 Å². The molecule has 6 heteroatoms. The lowest BCUT2D eigenvalue weighted by Crippen LogP contribution is -2.39. The van der Waals surface area contributed by atoms with Gasteiger partial charge in [-0.2, -0.15) is 0 Å². The van der Waals surface area contributed by atoms with Crippen LogP contribution in [0.4, 0.5) is 0 Å². The van der Waals surface area contributed by atoms with Crippen LogP contribution in [0.1, 0.15) is 31.1 Å².